The minimum Gasteiger partial charge on any atom is -0.386 e. The molecule has 0 aliphatic heterocycles. The van der Waals surface area contributed by atoms with Crippen LogP contribution < -0.4 is 5.32 Å². The summed E-state index contributed by atoms with van der Waals surface area (Å²) >= 11 is 0. The van der Waals surface area contributed by atoms with E-state index in [1.807, 2.05) is 13.1 Å². The van der Waals surface area contributed by atoms with Crippen molar-refractivity contribution in [2.75, 3.05) is 12.4 Å². The van der Waals surface area contributed by atoms with Crippen LogP contribution in [0.1, 0.15) is 0 Å². The van der Waals surface area contributed by atoms with Gasteiger partial charge in [0.2, 0.25) is 0 Å². The molecule has 0 spiro atoms. The molecule has 0 bridgehead atoms. The fraction of sp³-hybridized carbons (Fsp3) is 0.125. The number of anilines is 1. The number of aromatic nitrogens is 4. The predicted molar refractivity (Wildman–Crippen MR) is 48.7 cm³/mol. The molecule has 66 valence electrons. The van der Waals surface area contributed by atoms with Crippen LogP contribution in [0.5, 0.6) is 0 Å². The van der Waals surface area contributed by atoms with E-state index in [9.17, 15) is 0 Å². The highest BCUT2D eigenvalue weighted by atomic mass is 15.3. The first kappa shape index (κ1) is 7.72. The van der Waals surface area contributed by atoms with Crippen molar-refractivity contribution >= 4 is 5.69 Å². The molecule has 2 rings (SSSR count). The third kappa shape index (κ3) is 1.48. The van der Waals surface area contributed by atoms with E-state index in [0.29, 0.717) is 5.95 Å². The van der Waals surface area contributed by atoms with Crippen LogP contribution in [0.4, 0.5) is 5.69 Å². The fourth-order valence-electron chi connectivity index (χ4n) is 0.956. The molecular weight excluding hydrogens is 166 g/mol. The molecule has 0 atom stereocenters. The highest BCUT2D eigenvalue weighted by Crippen LogP contribution is 2.03. The summed E-state index contributed by atoms with van der Waals surface area (Å²) in [6, 6.07) is 1.83. The number of rotatable bonds is 2. The van der Waals surface area contributed by atoms with Gasteiger partial charge in [-0.25, -0.2) is 14.6 Å². The summed E-state index contributed by atoms with van der Waals surface area (Å²) < 4.78 is 1.61. The molecule has 1 N–H and O–H groups in total. The topological polar surface area (TPSA) is 55.6 Å². The van der Waals surface area contributed by atoms with E-state index in [1.165, 1.54) is 0 Å². The maximum Gasteiger partial charge on any atom is 0.250 e. The van der Waals surface area contributed by atoms with Crippen LogP contribution in [0.15, 0.2) is 30.9 Å². The Labute approximate surface area is 75.4 Å². The Morgan fingerprint density at radius 2 is 2.08 bits per heavy atom. The lowest BCUT2D eigenvalue weighted by atomic mass is 10.5. The van der Waals surface area contributed by atoms with Crippen LogP contribution >= 0.6 is 0 Å². The Balaban J connectivity index is 2.33. The minimum atomic E-state index is 0.573. The molecule has 5 heteroatoms. The Bertz CT molecular complexity index is 364. The standard InChI is InChI=1S/C8H9N5/c1-9-7-5-10-8(11-6-7)13-4-2-3-12-13/h2-6,9H,1H3. The Kier molecular flexibility index (Phi) is 1.91. The molecule has 2 heterocycles. The first-order valence-electron chi connectivity index (χ1n) is 3.90. The molecule has 13 heavy (non-hydrogen) atoms. The number of hydrogen-bond donors (Lipinski definition) is 1. The summed E-state index contributed by atoms with van der Waals surface area (Å²) in [6.07, 6.45) is 6.91. The van der Waals surface area contributed by atoms with Gasteiger partial charge in [-0.05, 0) is 6.07 Å². The highest BCUT2D eigenvalue weighted by Gasteiger charge is 1.97. The number of nitrogens with zero attached hydrogens (tertiary/aromatic N) is 4. The van der Waals surface area contributed by atoms with Gasteiger partial charge in [0.05, 0.1) is 18.1 Å². The normalized spacial score (nSPS) is 9.92. The first-order chi connectivity index (χ1) is 6.40. The second-order valence-electron chi connectivity index (χ2n) is 2.47. The van der Waals surface area contributed by atoms with Crippen molar-refractivity contribution in [3.05, 3.63) is 30.9 Å². The van der Waals surface area contributed by atoms with Crippen molar-refractivity contribution in [1.82, 2.24) is 19.7 Å². The first-order valence-corrected chi connectivity index (χ1v) is 3.90. The molecule has 0 fully saturated rings. The van der Waals surface area contributed by atoms with Crippen molar-refractivity contribution in [3.8, 4) is 5.95 Å². The zero-order valence-electron chi connectivity index (χ0n) is 7.18. The summed E-state index contributed by atoms with van der Waals surface area (Å²) in [5, 5.41) is 6.96. The van der Waals surface area contributed by atoms with Crippen LogP contribution in [0.2, 0.25) is 0 Å². The molecule has 0 unspecified atom stereocenters. The van der Waals surface area contributed by atoms with Gasteiger partial charge in [-0.3, -0.25) is 0 Å². The SMILES string of the molecule is CNc1cnc(-n2cccn2)nc1. The van der Waals surface area contributed by atoms with E-state index in [0.717, 1.165) is 5.69 Å². The molecule has 0 saturated carbocycles. The van der Waals surface area contributed by atoms with E-state index in [2.05, 4.69) is 20.4 Å². The Morgan fingerprint density at radius 1 is 1.31 bits per heavy atom. The van der Waals surface area contributed by atoms with E-state index in [4.69, 9.17) is 0 Å². The highest BCUT2D eigenvalue weighted by molar-refractivity contribution is 5.37. The van der Waals surface area contributed by atoms with Gasteiger partial charge >= 0.3 is 0 Å². The summed E-state index contributed by atoms with van der Waals surface area (Å²) in [4.78, 5) is 8.24. The molecular formula is C8H9N5. The van der Waals surface area contributed by atoms with Crippen LogP contribution in [-0.4, -0.2) is 26.8 Å². The maximum atomic E-state index is 4.12. The molecule has 5 nitrogen and oxygen atoms in total. The summed E-state index contributed by atoms with van der Waals surface area (Å²) in [5.41, 5.74) is 0.885. The van der Waals surface area contributed by atoms with Gasteiger partial charge in [-0.1, -0.05) is 0 Å². The molecule has 0 radical (unpaired) electrons. The summed E-state index contributed by atoms with van der Waals surface area (Å²) in [6.45, 7) is 0. The minimum absolute atomic E-state index is 0.573. The van der Waals surface area contributed by atoms with Gasteiger partial charge in [0.1, 0.15) is 0 Å². The predicted octanol–water partition coefficient (Wildman–Crippen LogP) is 0.704. The van der Waals surface area contributed by atoms with E-state index >= 15 is 0 Å². The van der Waals surface area contributed by atoms with E-state index in [-0.39, 0.29) is 0 Å². The van der Waals surface area contributed by atoms with Crippen LogP contribution in [0.3, 0.4) is 0 Å². The van der Waals surface area contributed by atoms with Crippen LogP contribution in [0.25, 0.3) is 5.95 Å². The third-order valence-electron chi connectivity index (χ3n) is 1.64. The maximum absolute atomic E-state index is 4.12. The van der Waals surface area contributed by atoms with Crippen molar-refractivity contribution < 1.29 is 0 Å². The van der Waals surface area contributed by atoms with Gasteiger partial charge in [0.15, 0.2) is 0 Å². The second-order valence-corrected chi connectivity index (χ2v) is 2.47. The van der Waals surface area contributed by atoms with Gasteiger partial charge in [0.25, 0.3) is 5.95 Å². The van der Waals surface area contributed by atoms with Crippen molar-refractivity contribution in [3.63, 3.8) is 0 Å². The summed E-state index contributed by atoms with van der Waals surface area (Å²) in [7, 11) is 1.83. The monoisotopic (exact) mass is 175 g/mol. The second kappa shape index (κ2) is 3.22. The van der Waals surface area contributed by atoms with Gasteiger partial charge in [0, 0.05) is 19.4 Å². The average molecular weight is 175 g/mol. The number of nitrogens with one attached hydrogen (secondary N) is 1. The average Bonchev–Trinajstić information content (AvgIpc) is 2.71. The molecule has 0 aliphatic carbocycles. The van der Waals surface area contributed by atoms with Gasteiger partial charge in [-0.15, -0.1) is 0 Å². The molecule has 0 amide bonds. The van der Waals surface area contributed by atoms with Crippen LogP contribution in [-0.2, 0) is 0 Å². The number of hydrogen-bond acceptors (Lipinski definition) is 4. The Morgan fingerprint density at radius 3 is 2.62 bits per heavy atom. The third-order valence-corrected chi connectivity index (χ3v) is 1.64. The lowest BCUT2D eigenvalue weighted by molar-refractivity contribution is 0.808. The zero-order chi connectivity index (χ0) is 9.10. The van der Waals surface area contributed by atoms with Crippen molar-refractivity contribution in [2.45, 2.75) is 0 Å². The van der Waals surface area contributed by atoms with Crippen LogP contribution in [0, 0.1) is 0 Å². The molecule has 0 saturated heterocycles. The lowest BCUT2D eigenvalue weighted by Gasteiger charge is -2.00. The fourth-order valence-corrected chi connectivity index (χ4v) is 0.956. The van der Waals surface area contributed by atoms with Crippen molar-refractivity contribution in [1.29, 1.82) is 0 Å². The van der Waals surface area contributed by atoms with Crippen molar-refractivity contribution in [2.24, 2.45) is 0 Å². The quantitative estimate of drug-likeness (QED) is 0.730. The lowest BCUT2D eigenvalue weighted by Crippen LogP contribution is -2.01. The largest absolute Gasteiger partial charge is 0.386 e. The molecule has 2 aromatic rings. The molecule has 0 aliphatic rings. The Hall–Kier alpha value is -1.91. The van der Waals surface area contributed by atoms with Gasteiger partial charge < -0.3 is 5.32 Å². The smallest absolute Gasteiger partial charge is 0.250 e. The zero-order valence-corrected chi connectivity index (χ0v) is 7.18. The van der Waals surface area contributed by atoms with E-state index < -0.39 is 0 Å². The molecule has 2 aromatic heterocycles. The molecule has 0 aromatic carbocycles. The van der Waals surface area contributed by atoms with Gasteiger partial charge in [-0.2, -0.15) is 5.10 Å². The summed E-state index contributed by atoms with van der Waals surface area (Å²) in [5.74, 6) is 0.573. The van der Waals surface area contributed by atoms with E-state index in [1.54, 1.807) is 29.5 Å².